The first-order valence-corrected chi connectivity index (χ1v) is 9.83. The van der Waals surface area contributed by atoms with Crippen LogP contribution in [0.3, 0.4) is 0 Å². The Morgan fingerprint density at radius 1 is 0.719 bits per heavy atom. The van der Waals surface area contributed by atoms with Crippen LogP contribution in [0.5, 0.6) is 0 Å². The number of nitrogens with two attached hydrogens (primary N) is 1. The van der Waals surface area contributed by atoms with Gasteiger partial charge in [0, 0.05) is 5.69 Å². The van der Waals surface area contributed by atoms with Gasteiger partial charge in [-0.3, -0.25) is 0 Å². The molecule has 4 rings (SSSR count). The molecule has 1 aromatic heterocycles. The first-order valence-electron chi connectivity index (χ1n) is 9.83. The van der Waals surface area contributed by atoms with Gasteiger partial charge >= 0.3 is 6.18 Å². The molecule has 4 N–H and O–H groups in total. The summed E-state index contributed by atoms with van der Waals surface area (Å²) in [7, 11) is 0. The van der Waals surface area contributed by atoms with E-state index in [0.717, 1.165) is 23.3 Å². The van der Waals surface area contributed by atoms with Gasteiger partial charge in [-0.25, -0.2) is 9.97 Å². The normalized spacial score (nSPS) is 11.4. The van der Waals surface area contributed by atoms with Crippen molar-refractivity contribution in [3.05, 3.63) is 108 Å². The fraction of sp³-hybridized carbons (Fsp3) is 0.0833. The molecule has 0 radical (unpaired) electrons. The number of rotatable bonds is 6. The number of benzene rings is 3. The van der Waals surface area contributed by atoms with E-state index in [1.54, 1.807) is 0 Å². The molecular weight excluding hydrogens is 415 g/mol. The fourth-order valence-electron chi connectivity index (χ4n) is 3.28. The lowest BCUT2D eigenvalue weighted by molar-refractivity contribution is -0.137. The van der Waals surface area contributed by atoms with Crippen LogP contribution in [0.15, 0.2) is 91.3 Å². The Labute approximate surface area is 183 Å². The van der Waals surface area contributed by atoms with Crippen molar-refractivity contribution in [2.24, 2.45) is 0 Å². The number of nitrogens with zero attached hydrogens (tertiary/aromatic N) is 2. The van der Waals surface area contributed by atoms with E-state index in [4.69, 9.17) is 5.73 Å². The lowest BCUT2D eigenvalue weighted by atomic mass is 9.99. The van der Waals surface area contributed by atoms with Gasteiger partial charge in [0.15, 0.2) is 11.6 Å². The van der Waals surface area contributed by atoms with E-state index in [1.165, 1.54) is 18.5 Å². The highest BCUT2D eigenvalue weighted by atomic mass is 19.4. The van der Waals surface area contributed by atoms with Crippen LogP contribution in [0.4, 0.5) is 36.2 Å². The van der Waals surface area contributed by atoms with Gasteiger partial charge in [0.05, 0.1) is 11.6 Å². The van der Waals surface area contributed by atoms with Crippen LogP contribution in [0.1, 0.15) is 22.7 Å². The largest absolute Gasteiger partial charge is 0.416 e. The molecule has 8 heteroatoms. The van der Waals surface area contributed by atoms with Crippen LogP contribution < -0.4 is 16.4 Å². The average molecular weight is 435 g/mol. The second-order valence-electron chi connectivity index (χ2n) is 7.08. The van der Waals surface area contributed by atoms with E-state index in [1.807, 2.05) is 60.7 Å². The maximum atomic E-state index is 12.8. The lowest BCUT2D eigenvalue weighted by Crippen LogP contribution is -2.15. The highest BCUT2D eigenvalue weighted by Crippen LogP contribution is 2.33. The Morgan fingerprint density at radius 2 is 1.25 bits per heavy atom. The summed E-state index contributed by atoms with van der Waals surface area (Å²) in [6.07, 6.45) is -3.05. The molecule has 0 aliphatic heterocycles. The molecule has 0 bridgehead atoms. The highest BCUT2D eigenvalue weighted by Gasteiger charge is 2.30. The SMILES string of the molecule is Nc1c(Nc2ccc(C(F)(F)F)cc2)ncnc1NC(c1ccccc1)c1ccccc1. The molecule has 32 heavy (non-hydrogen) atoms. The molecule has 3 aromatic carbocycles. The number of hydrogen-bond donors (Lipinski definition) is 3. The van der Waals surface area contributed by atoms with Crippen LogP contribution in [0.25, 0.3) is 0 Å². The molecular formula is C24H20F3N5. The van der Waals surface area contributed by atoms with Gasteiger partial charge in [0.1, 0.15) is 12.0 Å². The van der Waals surface area contributed by atoms with Gasteiger partial charge in [-0.05, 0) is 35.4 Å². The molecule has 0 fully saturated rings. The summed E-state index contributed by atoms with van der Waals surface area (Å²) in [5, 5.41) is 6.33. The minimum absolute atomic E-state index is 0.214. The van der Waals surface area contributed by atoms with E-state index in [2.05, 4.69) is 20.6 Å². The zero-order valence-corrected chi connectivity index (χ0v) is 16.8. The van der Waals surface area contributed by atoms with Crippen LogP contribution in [0.2, 0.25) is 0 Å². The molecule has 1 heterocycles. The summed E-state index contributed by atoms with van der Waals surface area (Å²) in [5.41, 5.74) is 8.30. The van der Waals surface area contributed by atoms with Crippen molar-refractivity contribution in [2.45, 2.75) is 12.2 Å². The van der Waals surface area contributed by atoms with Crippen molar-refractivity contribution >= 4 is 23.0 Å². The Bertz CT molecular complexity index is 1120. The topological polar surface area (TPSA) is 75.9 Å². The summed E-state index contributed by atoms with van der Waals surface area (Å²) in [6.45, 7) is 0. The Balaban J connectivity index is 1.61. The fourth-order valence-corrected chi connectivity index (χ4v) is 3.28. The summed E-state index contributed by atoms with van der Waals surface area (Å²) in [4.78, 5) is 8.43. The Hall–Kier alpha value is -4.07. The van der Waals surface area contributed by atoms with Gasteiger partial charge in [0.2, 0.25) is 0 Å². The number of alkyl halides is 3. The Kier molecular flexibility index (Phi) is 5.93. The molecule has 5 nitrogen and oxygen atoms in total. The number of anilines is 4. The van der Waals surface area contributed by atoms with E-state index >= 15 is 0 Å². The average Bonchev–Trinajstić information content (AvgIpc) is 2.80. The third kappa shape index (κ3) is 4.80. The molecule has 0 aliphatic carbocycles. The monoisotopic (exact) mass is 435 g/mol. The molecule has 0 amide bonds. The maximum absolute atomic E-state index is 12.8. The minimum atomic E-state index is -4.40. The van der Waals surface area contributed by atoms with Gasteiger partial charge < -0.3 is 16.4 Å². The van der Waals surface area contributed by atoms with E-state index in [0.29, 0.717) is 17.3 Å². The number of aromatic nitrogens is 2. The molecule has 0 saturated heterocycles. The molecule has 0 aliphatic rings. The van der Waals surface area contributed by atoms with Gasteiger partial charge in [0.25, 0.3) is 0 Å². The van der Waals surface area contributed by atoms with Crippen LogP contribution in [-0.4, -0.2) is 9.97 Å². The summed E-state index contributed by atoms with van der Waals surface area (Å²) in [5.74, 6) is 0.703. The third-order valence-corrected chi connectivity index (χ3v) is 4.91. The first kappa shape index (κ1) is 21.2. The van der Waals surface area contributed by atoms with Gasteiger partial charge in [-0.2, -0.15) is 13.2 Å². The minimum Gasteiger partial charge on any atom is -0.393 e. The van der Waals surface area contributed by atoms with Crippen molar-refractivity contribution in [3.8, 4) is 0 Å². The molecule has 0 saturated carbocycles. The Morgan fingerprint density at radius 3 is 1.78 bits per heavy atom. The van der Waals surface area contributed by atoms with Crippen molar-refractivity contribution < 1.29 is 13.2 Å². The molecule has 0 atom stereocenters. The summed E-state index contributed by atoms with van der Waals surface area (Å²) >= 11 is 0. The van der Waals surface area contributed by atoms with E-state index in [-0.39, 0.29) is 11.7 Å². The number of halogens is 3. The van der Waals surface area contributed by atoms with Crippen molar-refractivity contribution in [1.82, 2.24) is 9.97 Å². The third-order valence-electron chi connectivity index (χ3n) is 4.91. The molecule has 0 unspecified atom stereocenters. The molecule has 0 spiro atoms. The van der Waals surface area contributed by atoms with Crippen molar-refractivity contribution in [1.29, 1.82) is 0 Å². The zero-order valence-electron chi connectivity index (χ0n) is 16.8. The maximum Gasteiger partial charge on any atom is 0.416 e. The van der Waals surface area contributed by atoms with Gasteiger partial charge in [-0.1, -0.05) is 60.7 Å². The van der Waals surface area contributed by atoms with E-state index < -0.39 is 11.7 Å². The van der Waals surface area contributed by atoms with Crippen LogP contribution >= 0.6 is 0 Å². The highest BCUT2D eigenvalue weighted by molar-refractivity contribution is 5.78. The predicted octanol–water partition coefficient (Wildman–Crippen LogP) is 6.02. The van der Waals surface area contributed by atoms with Crippen LogP contribution in [0, 0.1) is 0 Å². The molecule has 4 aromatic rings. The standard InChI is InChI=1S/C24H20F3N5/c25-24(26,27)18-11-13-19(14-12-18)31-22-20(28)23(30-15-29-22)32-21(16-7-3-1-4-8-16)17-9-5-2-6-10-17/h1-15,21H,28H2,(H2,29,30,31,32). The number of nitrogens with one attached hydrogen (secondary N) is 2. The molecule has 162 valence electrons. The number of nitrogen functional groups attached to an aromatic ring is 1. The summed E-state index contributed by atoms with van der Waals surface area (Å²) < 4.78 is 38.4. The van der Waals surface area contributed by atoms with Crippen molar-refractivity contribution in [3.63, 3.8) is 0 Å². The van der Waals surface area contributed by atoms with Crippen LogP contribution in [-0.2, 0) is 6.18 Å². The van der Waals surface area contributed by atoms with Crippen molar-refractivity contribution in [2.75, 3.05) is 16.4 Å². The smallest absolute Gasteiger partial charge is 0.393 e. The van der Waals surface area contributed by atoms with E-state index in [9.17, 15) is 13.2 Å². The zero-order chi connectivity index (χ0) is 22.6. The van der Waals surface area contributed by atoms with Gasteiger partial charge in [-0.15, -0.1) is 0 Å². The predicted molar refractivity (Wildman–Crippen MR) is 120 cm³/mol. The quantitative estimate of drug-likeness (QED) is 0.345. The number of hydrogen-bond acceptors (Lipinski definition) is 5. The lowest BCUT2D eigenvalue weighted by Gasteiger charge is -2.22. The second-order valence-corrected chi connectivity index (χ2v) is 7.08. The summed E-state index contributed by atoms with van der Waals surface area (Å²) in [6, 6.07) is 24.1. The first-order chi connectivity index (χ1) is 15.4. The second kappa shape index (κ2) is 8.97.